The Balaban J connectivity index is 1.89. The number of carboxylic acid groups (broad SMARTS) is 1. The summed E-state index contributed by atoms with van der Waals surface area (Å²) in [6.45, 7) is 12.0. The maximum atomic E-state index is 11.2. The van der Waals surface area contributed by atoms with Crippen molar-refractivity contribution in [2.24, 2.45) is 17.3 Å². The SMILES string of the molecule is CC(C)(C)[Si](C)(C)OC[C@@H]1CC2(C(=O)O)CC1C2. The molecule has 0 unspecified atom stereocenters. The summed E-state index contributed by atoms with van der Waals surface area (Å²) in [6.07, 6.45) is 2.60. The summed E-state index contributed by atoms with van der Waals surface area (Å²) in [5, 5.41) is 9.49. The fourth-order valence-corrected chi connectivity index (χ4v) is 4.17. The van der Waals surface area contributed by atoms with Crippen molar-refractivity contribution >= 4 is 14.3 Å². The van der Waals surface area contributed by atoms with Gasteiger partial charge in [-0.1, -0.05) is 20.8 Å². The first-order chi connectivity index (χ1) is 8.07. The molecule has 3 aliphatic carbocycles. The Hall–Kier alpha value is -0.353. The highest BCUT2D eigenvalue weighted by Gasteiger charge is 2.60. The predicted molar refractivity (Wildman–Crippen MR) is 74.0 cm³/mol. The van der Waals surface area contributed by atoms with Crippen LogP contribution in [0, 0.1) is 17.3 Å². The molecular weight excluding hydrogens is 244 g/mol. The van der Waals surface area contributed by atoms with Crippen molar-refractivity contribution < 1.29 is 14.3 Å². The van der Waals surface area contributed by atoms with Crippen LogP contribution in [0.1, 0.15) is 40.0 Å². The van der Waals surface area contributed by atoms with Crippen molar-refractivity contribution in [2.45, 2.75) is 58.2 Å². The maximum absolute atomic E-state index is 11.2. The maximum Gasteiger partial charge on any atom is 0.309 e. The summed E-state index contributed by atoms with van der Waals surface area (Å²) >= 11 is 0. The van der Waals surface area contributed by atoms with Gasteiger partial charge in [-0.25, -0.2) is 0 Å². The van der Waals surface area contributed by atoms with Gasteiger partial charge in [0, 0.05) is 6.61 Å². The van der Waals surface area contributed by atoms with Crippen molar-refractivity contribution in [3.63, 3.8) is 0 Å². The number of rotatable bonds is 4. The second kappa shape index (κ2) is 4.07. The Morgan fingerprint density at radius 3 is 2.28 bits per heavy atom. The van der Waals surface area contributed by atoms with Gasteiger partial charge in [0.25, 0.3) is 0 Å². The van der Waals surface area contributed by atoms with Crippen LogP contribution >= 0.6 is 0 Å². The number of carboxylic acids is 1. The normalized spacial score (nSPS) is 35.4. The van der Waals surface area contributed by atoms with Gasteiger partial charge in [-0.3, -0.25) is 4.79 Å². The zero-order valence-corrected chi connectivity index (χ0v) is 13.2. The zero-order valence-electron chi connectivity index (χ0n) is 12.2. The molecule has 3 fully saturated rings. The second-order valence-corrected chi connectivity index (χ2v) is 12.6. The third-order valence-corrected chi connectivity index (χ3v) is 10.0. The largest absolute Gasteiger partial charge is 0.481 e. The number of carbonyl (C=O) groups is 1. The summed E-state index contributed by atoms with van der Waals surface area (Å²) in [4.78, 5) is 11.2. The minimum absolute atomic E-state index is 0.235. The van der Waals surface area contributed by atoms with Gasteiger partial charge in [-0.15, -0.1) is 0 Å². The van der Waals surface area contributed by atoms with Gasteiger partial charge in [0.05, 0.1) is 5.41 Å². The average molecular weight is 270 g/mol. The van der Waals surface area contributed by atoms with Gasteiger partial charge in [0.1, 0.15) is 0 Å². The lowest BCUT2D eigenvalue weighted by Gasteiger charge is -2.37. The van der Waals surface area contributed by atoms with Gasteiger partial charge < -0.3 is 9.53 Å². The van der Waals surface area contributed by atoms with E-state index in [-0.39, 0.29) is 10.5 Å². The molecule has 0 spiro atoms. The van der Waals surface area contributed by atoms with Crippen LogP contribution in [0.3, 0.4) is 0 Å². The molecule has 3 aliphatic rings. The topological polar surface area (TPSA) is 46.5 Å². The van der Waals surface area contributed by atoms with Crippen LogP contribution in [0.15, 0.2) is 0 Å². The molecule has 0 heterocycles. The first-order valence-electron chi connectivity index (χ1n) is 6.95. The molecule has 104 valence electrons. The molecule has 0 amide bonds. The third kappa shape index (κ3) is 2.14. The molecular formula is C14H26O3Si. The summed E-state index contributed by atoms with van der Waals surface area (Å²) in [5.74, 6) is 0.495. The van der Waals surface area contributed by atoms with Gasteiger partial charge >= 0.3 is 5.97 Å². The Kier molecular flexibility index (Phi) is 3.18. The van der Waals surface area contributed by atoms with E-state index in [1.807, 2.05) is 0 Å². The van der Waals surface area contributed by atoms with Crippen LogP contribution in [-0.2, 0) is 9.22 Å². The zero-order chi connectivity index (χ0) is 13.8. The first-order valence-corrected chi connectivity index (χ1v) is 9.86. The van der Waals surface area contributed by atoms with Gasteiger partial charge in [-0.05, 0) is 49.2 Å². The molecule has 4 heteroatoms. The second-order valence-electron chi connectivity index (χ2n) is 7.79. The van der Waals surface area contributed by atoms with Crippen LogP contribution in [0.25, 0.3) is 0 Å². The van der Waals surface area contributed by atoms with E-state index in [1.54, 1.807) is 0 Å². The molecule has 3 rings (SSSR count). The lowest BCUT2D eigenvalue weighted by Crippen LogP contribution is -2.42. The van der Waals surface area contributed by atoms with Crippen molar-refractivity contribution in [1.29, 1.82) is 0 Å². The minimum Gasteiger partial charge on any atom is -0.481 e. The van der Waals surface area contributed by atoms with Crippen LogP contribution in [0.4, 0.5) is 0 Å². The molecule has 0 aromatic rings. The van der Waals surface area contributed by atoms with Crippen LogP contribution < -0.4 is 0 Å². The van der Waals surface area contributed by atoms with Crippen LogP contribution in [0.5, 0.6) is 0 Å². The summed E-state index contributed by atoms with van der Waals surface area (Å²) in [5.41, 5.74) is -0.383. The highest BCUT2D eigenvalue weighted by atomic mass is 28.4. The molecule has 2 bridgehead atoms. The number of hydrogen-bond donors (Lipinski definition) is 1. The predicted octanol–water partition coefficient (Wildman–Crippen LogP) is 3.51. The Bertz CT molecular complexity index is 351. The standard InChI is InChI=1S/C14H26O3Si/c1-13(2,3)18(4,5)17-9-11-8-14(12(15)16)6-10(11)7-14/h10-11H,6-9H2,1-5H3,(H,15,16)/t10?,11-,14?/m0/s1. The molecule has 0 aromatic heterocycles. The average Bonchev–Trinajstić information content (AvgIpc) is 2.66. The first kappa shape index (κ1) is 14.1. The van der Waals surface area contributed by atoms with E-state index in [1.165, 1.54) is 0 Å². The molecule has 1 atom stereocenters. The summed E-state index contributed by atoms with van der Waals surface area (Å²) in [7, 11) is -1.68. The molecule has 0 aromatic carbocycles. The van der Waals surface area contributed by atoms with Crippen molar-refractivity contribution in [1.82, 2.24) is 0 Å². The van der Waals surface area contributed by atoms with E-state index in [0.29, 0.717) is 11.8 Å². The van der Waals surface area contributed by atoms with E-state index < -0.39 is 14.3 Å². The molecule has 0 radical (unpaired) electrons. The van der Waals surface area contributed by atoms with Crippen molar-refractivity contribution in [3.05, 3.63) is 0 Å². The van der Waals surface area contributed by atoms with E-state index in [2.05, 4.69) is 33.9 Å². The summed E-state index contributed by atoms with van der Waals surface area (Å²) < 4.78 is 6.25. The van der Waals surface area contributed by atoms with E-state index in [0.717, 1.165) is 25.9 Å². The van der Waals surface area contributed by atoms with Gasteiger partial charge in [-0.2, -0.15) is 0 Å². The summed E-state index contributed by atoms with van der Waals surface area (Å²) in [6, 6.07) is 0. The van der Waals surface area contributed by atoms with E-state index in [9.17, 15) is 9.90 Å². The van der Waals surface area contributed by atoms with Crippen molar-refractivity contribution in [2.75, 3.05) is 6.61 Å². The monoisotopic (exact) mass is 270 g/mol. The fraction of sp³-hybridized carbons (Fsp3) is 0.929. The van der Waals surface area contributed by atoms with Crippen molar-refractivity contribution in [3.8, 4) is 0 Å². The highest BCUT2D eigenvalue weighted by Crippen LogP contribution is 2.62. The molecule has 18 heavy (non-hydrogen) atoms. The molecule has 0 aliphatic heterocycles. The number of hydrogen-bond acceptors (Lipinski definition) is 2. The lowest BCUT2D eigenvalue weighted by molar-refractivity contribution is -0.153. The Morgan fingerprint density at radius 1 is 1.33 bits per heavy atom. The highest BCUT2D eigenvalue weighted by molar-refractivity contribution is 6.74. The van der Waals surface area contributed by atoms with Crippen LogP contribution in [0.2, 0.25) is 18.1 Å². The molecule has 3 nitrogen and oxygen atoms in total. The molecule has 3 saturated carbocycles. The third-order valence-electron chi connectivity index (χ3n) is 5.54. The van der Waals surface area contributed by atoms with E-state index >= 15 is 0 Å². The molecule has 0 saturated heterocycles. The van der Waals surface area contributed by atoms with Crippen LogP contribution in [-0.4, -0.2) is 26.0 Å². The fourth-order valence-electron chi connectivity index (χ4n) is 3.10. The Morgan fingerprint density at radius 2 is 1.89 bits per heavy atom. The Labute approximate surface area is 111 Å². The molecule has 1 N–H and O–H groups in total. The minimum atomic E-state index is -1.68. The number of aliphatic carboxylic acids is 1. The smallest absolute Gasteiger partial charge is 0.309 e. The lowest BCUT2D eigenvalue weighted by atomic mass is 9.69. The number of fused-ring (bicyclic) bond motifs is 1. The quantitative estimate of drug-likeness (QED) is 0.795. The van der Waals surface area contributed by atoms with Gasteiger partial charge in [0.2, 0.25) is 0 Å². The van der Waals surface area contributed by atoms with E-state index in [4.69, 9.17) is 4.43 Å². The van der Waals surface area contributed by atoms with Gasteiger partial charge in [0.15, 0.2) is 8.32 Å².